The van der Waals surface area contributed by atoms with Crippen LogP contribution in [0.2, 0.25) is 0 Å². The van der Waals surface area contributed by atoms with E-state index >= 15 is 0 Å². The van der Waals surface area contributed by atoms with Gasteiger partial charge in [-0.2, -0.15) is 0 Å². The summed E-state index contributed by atoms with van der Waals surface area (Å²) in [7, 11) is 1.59. The predicted molar refractivity (Wildman–Crippen MR) is 85.9 cm³/mol. The van der Waals surface area contributed by atoms with E-state index in [4.69, 9.17) is 9.47 Å². The van der Waals surface area contributed by atoms with Crippen LogP contribution in [0.1, 0.15) is 6.92 Å². The smallest absolute Gasteiger partial charge is 0.265 e. The van der Waals surface area contributed by atoms with E-state index in [2.05, 4.69) is 21.2 Å². The molecule has 0 heterocycles. The molecule has 0 fully saturated rings. The van der Waals surface area contributed by atoms with Gasteiger partial charge in [-0.1, -0.05) is 18.2 Å². The molecule has 0 aliphatic heterocycles. The van der Waals surface area contributed by atoms with E-state index < -0.39 is 6.10 Å². The molecule has 2 rings (SSSR count). The Bertz CT molecular complexity index is 630. The maximum absolute atomic E-state index is 12.1. The zero-order valence-corrected chi connectivity index (χ0v) is 13.4. The summed E-state index contributed by atoms with van der Waals surface area (Å²) in [5, 5.41) is 2.82. The van der Waals surface area contributed by atoms with Gasteiger partial charge in [-0.15, -0.1) is 0 Å². The largest absolute Gasteiger partial charge is 0.497 e. The highest BCUT2D eigenvalue weighted by molar-refractivity contribution is 9.10. The number of para-hydroxylation sites is 1. The van der Waals surface area contributed by atoms with Crippen LogP contribution in [-0.4, -0.2) is 19.1 Å². The third kappa shape index (κ3) is 4.23. The molecule has 0 radical (unpaired) electrons. The lowest BCUT2D eigenvalue weighted by molar-refractivity contribution is -0.122. The maximum atomic E-state index is 12.1. The highest BCUT2D eigenvalue weighted by atomic mass is 79.9. The summed E-state index contributed by atoms with van der Waals surface area (Å²) in [6.07, 6.45) is -0.621. The summed E-state index contributed by atoms with van der Waals surface area (Å²) in [6, 6.07) is 14.6. The average Bonchev–Trinajstić information content (AvgIpc) is 2.49. The fraction of sp³-hybridized carbons (Fsp3) is 0.188. The number of carbonyl (C=O) groups excluding carboxylic acids is 1. The molecule has 0 aromatic heterocycles. The van der Waals surface area contributed by atoms with Crippen LogP contribution >= 0.6 is 15.9 Å². The van der Waals surface area contributed by atoms with Crippen molar-refractivity contribution >= 4 is 27.5 Å². The van der Waals surface area contributed by atoms with Gasteiger partial charge in [0.2, 0.25) is 0 Å². The molecule has 110 valence electrons. The SMILES string of the molecule is COc1cccc(O[C@@H](C)C(=O)Nc2ccccc2Br)c1. The van der Waals surface area contributed by atoms with Crippen LogP contribution in [0.4, 0.5) is 5.69 Å². The molecule has 1 atom stereocenters. The fourth-order valence-electron chi connectivity index (χ4n) is 1.73. The van der Waals surface area contributed by atoms with Crippen molar-refractivity contribution < 1.29 is 14.3 Å². The zero-order valence-electron chi connectivity index (χ0n) is 11.8. The van der Waals surface area contributed by atoms with Crippen molar-refractivity contribution in [3.8, 4) is 11.5 Å². The number of hydrogen-bond acceptors (Lipinski definition) is 3. The van der Waals surface area contributed by atoms with Gasteiger partial charge in [-0.05, 0) is 47.1 Å². The van der Waals surface area contributed by atoms with Crippen molar-refractivity contribution in [3.63, 3.8) is 0 Å². The zero-order chi connectivity index (χ0) is 15.2. The summed E-state index contributed by atoms with van der Waals surface area (Å²) >= 11 is 3.39. The van der Waals surface area contributed by atoms with Crippen molar-refractivity contribution in [2.45, 2.75) is 13.0 Å². The highest BCUT2D eigenvalue weighted by Gasteiger charge is 2.16. The summed E-state index contributed by atoms with van der Waals surface area (Å²) in [6.45, 7) is 1.70. The Morgan fingerprint density at radius 2 is 1.86 bits per heavy atom. The minimum Gasteiger partial charge on any atom is -0.497 e. The second-order valence-corrected chi connectivity index (χ2v) is 5.26. The van der Waals surface area contributed by atoms with Crippen molar-refractivity contribution in [2.75, 3.05) is 12.4 Å². The van der Waals surface area contributed by atoms with Gasteiger partial charge in [0.1, 0.15) is 11.5 Å². The molecule has 0 aliphatic carbocycles. The van der Waals surface area contributed by atoms with Crippen molar-refractivity contribution in [1.82, 2.24) is 0 Å². The molecule has 1 amide bonds. The maximum Gasteiger partial charge on any atom is 0.265 e. The molecule has 0 saturated heterocycles. The lowest BCUT2D eigenvalue weighted by Gasteiger charge is -2.15. The van der Waals surface area contributed by atoms with Crippen LogP contribution in [0.3, 0.4) is 0 Å². The average molecular weight is 350 g/mol. The Labute approximate surface area is 132 Å². The third-order valence-corrected chi connectivity index (χ3v) is 3.55. The molecule has 0 saturated carbocycles. The quantitative estimate of drug-likeness (QED) is 0.891. The van der Waals surface area contributed by atoms with Crippen molar-refractivity contribution in [3.05, 3.63) is 53.0 Å². The Kier molecular flexibility index (Phi) is 5.22. The van der Waals surface area contributed by atoms with Crippen molar-refractivity contribution in [1.29, 1.82) is 0 Å². The molecule has 2 aromatic rings. The number of hydrogen-bond donors (Lipinski definition) is 1. The standard InChI is InChI=1S/C16H16BrNO3/c1-11(21-13-7-5-6-12(10-13)20-2)16(19)18-15-9-4-3-8-14(15)17/h3-11H,1-2H3,(H,18,19)/t11-/m0/s1. The van der Waals surface area contributed by atoms with Crippen LogP contribution in [0.15, 0.2) is 53.0 Å². The summed E-state index contributed by atoms with van der Waals surface area (Å²) in [5.41, 5.74) is 0.712. The van der Waals surface area contributed by atoms with Crippen LogP contribution < -0.4 is 14.8 Å². The monoisotopic (exact) mass is 349 g/mol. The Balaban J connectivity index is 2.01. The van der Waals surface area contributed by atoms with E-state index in [1.807, 2.05) is 36.4 Å². The number of amides is 1. The van der Waals surface area contributed by atoms with E-state index in [9.17, 15) is 4.79 Å². The topological polar surface area (TPSA) is 47.6 Å². The minimum absolute atomic E-state index is 0.218. The summed E-state index contributed by atoms with van der Waals surface area (Å²) < 4.78 is 11.6. The van der Waals surface area contributed by atoms with E-state index in [0.717, 1.165) is 4.47 Å². The number of nitrogens with one attached hydrogen (secondary N) is 1. The molecule has 0 aliphatic rings. The van der Waals surface area contributed by atoms with Gasteiger partial charge >= 0.3 is 0 Å². The number of ether oxygens (including phenoxy) is 2. The fourth-order valence-corrected chi connectivity index (χ4v) is 2.11. The highest BCUT2D eigenvalue weighted by Crippen LogP contribution is 2.23. The van der Waals surface area contributed by atoms with Crippen LogP contribution in [0, 0.1) is 0 Å². The lowest BCUT2D eigenvalue weighted by Crippen LogP contribution is -2.30. The number of anilines is 1. The summed E-state index contributed by atoms with van der Waals surface area (Å²) in [4.78, 5) is 12.1. The second-order valence-electron chi connectivity index (χ2n) is 4.41. The Morgan fingerprint density at radius 3 is 2.57 bits per heavy atom. The van der Waals surface area contributed by atoms with Gasteiger partial charge in [-0.3, -0.25) is 4.79 Å². The first-order valence-corrected chi connectivity index (χ1v) is 7.25. The number of methoxy groups -OCH3 is 1. The molecule has 1 N–H and O–H groups in total. The van der Waals surface area contributed by atoms with E-state index in [0.29, 0.717) is 17.2 Å². The molecule has 0 bridgehead atoms. The van der Waals surface area contributed by atoms with Gasteiger partial charge in [0.05, 0.1) is 12.8 Å². The second kappa shape index (κ2) is 7.13. The van der Waals surface area contributed by atoms with Crippen LogP contribution in [0.25, 0.3) is 0 Å². The number of rotatable bonds is 5. The molecular weight excluding hydrogens is 334 g/mol. The van der Waals surface area contributed by atoms with Crippen LogP contribution in [-0.2, 0) is 4.79 Å². The number of carbonyl (C=O) groups is 1. The molecule has 2 aromatic carbocycles. The number of halogens is 1. The third-order valence-electron chi connectivity index (χ3n) is 2.86. The molecule has 21 heavy (non-hydrogen) atoms. The Hall–Kier alpha value is -2.01. The van der Waals surface area contributed by atoms with E-state index in [1.165, 1.54) is 0 Å². The van der Waals surface area contributed by atoms with E-state index in [-0.39, 0.29) is 5.91 Å². The normalized spacial score (nSPS) is 11.6. The lowest BCUT2D eigenvalue weighted by atomic mass is 10.3. The van der Waals surface area contributed by atoms with Gasteiger partial charge in [-0.25, -0.2) is 0 Å². The van der Waals surface area contributed by atoms with Crippen LogP contribution in [0.5, 0.6) is 11.5 Å². The first-order chi connectivity index (χ1) is 10.1. The van der Waals surface area contributed by atoms with E-state index in [1.54, 1.807) is 26.2 Å². The molecule has 0 spiro atoms. The Morgan fingerprint density at radius 1 is 1.14 bits per heavy atom. The van der Waals surface area contributed by atoms with Crippen molar-refractivity contribution in [2.24, 2.45) is 0 Å². The minimum atomic E-state index is -0.621. The molecule has 5 heteroatoms. The molecule has 0 unspecified atom stereocenters. The first-order valence-electron chi connectivity index (χ1n) is 6.46. The molecule has 4 nitrogen and oxygen atoms in total. The van der Waals surface area contributed by atoms with Gasteiger partial charge in [0, 0.05) is 10.5 Å². The molecular formula is C16H16BrNO3. The van der Waals surface area contributed by atoms with Gasteiger partial charge in [0.15, 0.2) is 6.10 Å². The predicted octanol–water partition coefficient (Wildman–Crippen LogP) is 3.86. The van der Waals surface area contributed by atoms with Gasteiger partial charge < -0.3 is 14.8 Å². The first kappa shape index (κ1) is 15.4. The summed E-state index contributed by atoms with van der Waals surface area (Å²) in [5.74, 6) is 1.06. The van der Waals surface area contributed by atoms with Gasteiger partial charge in [0.25, 0.3) is 5.91 Å². The number of benzene rings is 2.